The van der Waals surface area contributed by atoms with Gasteiger partial charge in [-0.25, -0.2) is 8.78 Å². The summed E-state index contributed by atoms with van der Waals surface area (Å²) in [6, 6.07) is 4.65. The van der Waals surface area contributed by atoms with E-state index in [0.717, 1.165) is 0 Å². The zero-order valence-electron chi connectivity index (χ0n) is 12.9. The average molecular weight is 442 g/mol. The molecule has 0 aliphatic heterocycles. The van der Waals surface area contributed by atoms with Crippen LogP contribution in [0.4, 0.5) is 27.6 Å². The van der Waals surface area contributed by atoms with Gasteiger partial charge in [0.15, 0.2) is 17.4 Å². The van der Waals surface area contributed by atoms with Gasteiger partial charge in [0.1, 0.15) is 5.75 Å². The Bertz CT molecular complexity index is 762. The van der Waals surface area contributed by atoms with Crippen LogP contribution in [0.15, 0.2) is 34.8 Å². The monoisotopic (exact) mass is 441 g/mol. The van der Waals surface area contributed by atoms with Crippen molar-refractivity contribution in [2.75, 3.05) is 18.5 Å². The molecule has 26 heavy (non-hydrogen) atoms. The van der Waals surface area contributed by atoms with Crippen LogP contribution in [-0.2, 0) is 6.18 Å². The van der Waals surface area contributed by atoms with Crippen LogP contribution < -0.4 is 10.1 Å². The molecule has 3 N–H and O–H groups in total. The zero-order chi connectivity index (χ0) is 19.5. The highest BCUT2D eigenvalue weighted by Crippen LogP contribution is 2.38. The van der Waals surface area contributed by atoms with Crippen LogP contribution in [0.2, 0.25) is 0 Å². The minimum Gasteiger partial charge on any atom is -0.450 e. The third-order valence-electron chi connectivity index (χ3n) is 3.22. The highest BCUT2D eigenvalue weighted by molar-refractivity contribution is 9.10. The van der Waals surface area contributed by atoms with Gasteiger partial charge in [-0.2, -0.15) is 13.2 Å². The molecule has 1 atom stereocenters. The standard InChI is InChI=1S/C16H13BrF5NO3/c17-11-2-1-9(23-6-10(25)7-24)5-14(11)26-15-12(18)3-8(4-13(15)19)16(20,21)22/h1-5,10,23-25H,6-7H2. The largest absolute Gasteiger partial charge is 0.450 e. The van der Waals surface area contributed by atoms with Gasteiger partial charge in [0, 0.05) is 18.3 Å². The SMILES string of the molecule is OCC(O)CNc1ccc(Br)c(Oc2c(F)cc(C(F)(F)F)cc2F)c1. The molecule has 0 spiro atoms. The molecule has 0 aromatic heterocycles. The van der Waals surface area contributed by atoms with Crippen molar-refractivity contribution >= 4 is 21.6 Å². The number of anilines is 1. The summed E-state index contributed by atoms with van der Waals surface area (Å²) in [5.74, 6) is -4.05. The molecule has 0 radical (unpaired) electrons. The molecule has 0 fully saturated rings. The number of hydrogen-bond acceptors (Lipinski definition) is 4. The van der Waals surface area contributed by atoms with E-state index in [1.165, 1.54) is 12.1 Å². The molecule has 142 valence electrons. The van der Waals surface area contributed by atoms with E-state index in [1.807, 2.05) is 0 Å². The molecule has 0 aliphatic carbocycles. The van der Waals surface area contributed by atoms with Gasteiger partial charge in [-0.15, -0.1) is 0 Å². The van der Waals surface area contributed by atoms with E-state index < -0.39 is 41.8 Å². The van der Waals surface area contributed by atoms with Gasteiger partial charge in [0.25, 0.3) is 0 Å². The van der Waals surface area contributed by atoms with Gasteiger partial charge in [0.2, 0.25) is 0 Å². The van der Waals surface area contributed by atoms with Gasteiger partial charge in [-0.3, -0.25) is 0 Å². The van der Waals surface area contributed by atoms with Crippen LogP contribution in [-0.4, -0.2) is 29.5 Å². The topological polar surface area (TPSA) is 61.7 Å². The molecule has 1 unspecified atom stereocenters. The lowest BCUT2D eigenvalue weighted by Gasteiger charge is -2.15. The number of halogens is 6. The molecule has 2 aromatic rings. The van der Waals surface area contributed by atoms with Crippen LogP contribution in [0.1, 0.15) is 5.56 Å². The van der Waals surface area contributed by atoms with E-state index in [0.29, 0.717) is 10.2 Å². The van der Waals surface area contributed by atoms with Crippen LogP contribution >= 0.6 is 15.9 Å². The van der Waals surface area contributed by atoms with E-state index >= 15 is 0 Å². The van der Waals surface area contributed by atoms with Crippen molar-refractivity contribution in [3.05, 3.63) is 52.0 Å². The lowest BCUT2D eigenvalue weighted by molar-refractivity contribution is -0.138. The van der Waals surface area contributed by atoms with E-state index in [1.54, 1.807) is 6.07 Å². The molecular weight excluding hydrogens is 429 g/mol. The fourth-order valence-electron chi connectivity index (χ4n) is 1.92. The predicted molar refractivity (Wildman–Crippen MR) is 87.2 cm³/mol. The highest BCUT2D eigenvalue weighted by atomic mass is 79.9. The summed E-state index contributed by atoms with van der Waals surface area (Å²) in [7, 11) is 0. The van der Waals surface area contributed by atoms with Crippen molar-refractivity contribution in [2.24, 2.45) is 0 Å². The molecule has 0 heterocycles. The summed E-state index contributed by atoms with van der Waals surface area (Å²) in [6.07, 6.45) is -5.91. The Morgan fingerprint density at radius 2 is 1.73 bits per heavy atom. The van der Waals surface area contributed by atoms with E-state index in [2.05, 4.69) is 21.2 Å². The van der Waals surface area contributed by atoms with E-state index in [-0.39, 0.29) is 24.4 Å². The Hall–Kier alpha value is -1.91. The molecule has 0 bridgehead atoms. The molecule has 0 aliphatic rings. The molecule has 2 rings (SSSR count). The number of ether oxygens (including phenoxy) is 1. The number of aliphatic hydroxyl groups is 2. The van der Waals surface area contributed by atoms with Crippen LogP contribution in [0.25, 0.3) is 0 Å². The molecule has 0 saturated heterocycles. The maximum Gasteiger partial charge on any atom is 0.416 e. The first-order chi connectivity index (χ1) is 12.1. The first-order valence-electron chi connectivity index (χ1n) is 7.18. The quantitative estimate of drug-likeness (QED) is 0.584. The predicted octanol–water partition coefficient (Wildman–Crippen LogP) is 4.30. The Kier molecular flexibility index (Phi) is 6.43. The van der Waals surface area contributed by atoms with E-state index in [4.69, 9.17) is 9.84 Å². The minimum absolute atomic E-state index is 0.000570. The fraction of sp³-hybridized carbons (Fsp3) is 0.250. The molecule has 10 heteroatoms. The minimum atomic E-state index is -4.89. The smallest absolute Gasteiger partial charge is 0.416 e. The highest BCUT2D eigenvalue weighted by Gasteiger charge is 2.33. The van der Waals surface area contributed by atoms with Crippen molar-refractivity contribution in [3.8, 4) is 11.5 Å². The van der Waals surface area contributed by atoms with E-state index in [9.17, 15) is 27.1 Å². The van der Waals surface area contributed by atoms with Crippen molar-refractivity contribution in [1.82, 2.24) is 0 Å². The second-order valence-corrected chi connectivity index (χ2v) is 6.09. The summed E-state index contributed by atoms with van der Waals surface area (Å²) in [5.41, 5.74) is -1.07. The average Bonchev–Trinajstić information content (AvgIpc) is 2.56. The number of hydrogen-bond donors (Lipinski definition) is 3. The summed E-state index contributed by atoms with van der Waals surface area (Å²) in [6.45, 7) is -0.463. The Balaban J connectivity index is 2.28. The number of benzene rings is 2. The van der Waals surface area contributed by atoms with Gasteiger partial charge in [-0.05, 0) is 40.2 Å². The normalized spacial score (nSPS) is 12.8. The van der Waals surface area contributed by atoms with Crippen LogP contribution in [0.5, 0.6) is 11.5 Å². The van der Waals surface area contributed by atoms with Gasteiger partial charge in [0.05, 0.1) is 22.7 Å². The zero-order valence-corrected chi connectivity index (χ0v) is 14.5. The summed E-state index contributed by atoms with van der Waals surface area (Å²) in [5, 5.41) is 20.8. The third kappa shape index (κ3) is 5.05. The number of rotatable bonds is 6. The number of alkyl halides is 3. The summed E-state index contributed by atoms with van der Waals surface area (Å²) < 4.78 is 70.9. The number of aliphatic hydroxyl groups excluding tert-OH is 2. The van der Waals surface area contributed by atoms with Crippen LogP contribution in [0, 0.1) is 11.6 Å². The Morgan fingerprint density at radius 1 is 1.12 bits per heavy atom. The first kappa shape index (κ1) is 20.4. The lowest BCUT2D eigenvalue weighted by Crippen LogP contribution is -2.22. The first-order valence-corrected chi connectivity index (χ1v) is 7.97. The summed E-state index contributed by atoms with van der Waals surface area (Å²) >= 11 is 3.11. The summed E-state index contributed by atoms with van der Waals surface area (Å²) in [4.78, 5) is 0. The van der Waals surface area contributed by atoms with Gasteiger partial charge >= 0.3 is 6.18 Å². The lowest BCUT2D eigenvalue weighted by atomic mass is 10.2. The molecule has 4 nitrogen and oxygen atoms in total. The molecule has 0 amide bonds. The second kappa shape index (κ2) is 8.19. The number of nitrogens with one attached hydrogen (secondary N) is 1. The van der Waals surface area contributed by atoms with Crippen molar-refractivity contribution in [3.63, 3.8) is 0 Å². The van der Waals surface area contributed by atoms with Crippen molar-refractivity contribution < 1.29 is 36.9 Å². The van der Waals surface area contributed by atoms with Crippen molar-refractivity contribution in [1.29, 1.82) is 0 Å². The van der Waals surface area contributed by atoms with Crippen LogP contribution in [0.3, 0.4) is 0 Å². The fourth-order valence-corrected chi connectivity index (χ4v) is 2.25. The maximum atomic E-state index is 13.9. The molecule has 0 saturated carbocycles. The van der Waals surface area contributed by atoms with Gasteiger partial charge < -0.3 is 20.3 Å². The van der Waals surface area contributed by atoms with Gasteiger partial charge in [-0.1, -0.05) is 0 Å². The molecular formula is C16H13BrF5NO3. The Labute approximate surface area is 153 Å². The molecule has 2 aromatic carbocycles. The van der Waals surface area contributed by atoms with Crippen molar-refractivity contribution in [2.45, 2.75) is 12.3 Å². The third-order valence-corrected chi connectivity index (χ3v) is 3.88. The maximum absolute atomic E-state index is 13.9. The Morgan fingerprint density at radius 3 is 2.27 bits per heavy atom. The second-order valence-electron chi connectivity index (χ2n) is 5.23.